The normalized spacial score (nSPS) is 11.6. The van der Waals surface area contributed by atoms with E-state index < -0.39 is 0 Å². The number of fused-ring (bicyclic) bond motifs is 1. The van der Waals surface area contributed by atoms with Gasteiger partial charge in [0.05, 0.1) is 12.1 Å². The Balaban J connectivity index is 1.82. The largest absolute Gasteiger partial charge is 0.308 e. The first-order valence-corrected chi connectivity index (χ1v) is 8.02. The average Bonchev–Trinajstić information content (AvgIpc) is 3.09. The van der Waals surface area contributed by atoms with E-state index in [-0.39, 0.29) is 5.56 Å². The lowest BCUT2D eigenvalue weighted by Crippen LogP contribution is -2.26. The summed E-state index contributed by atoms with van der Waals surface area (Å²) >= 11 is 1.41. The Kier molecular flexibility index (Phi) is 4.30. The van der Waals surface area contributed by atoms with Gasteiger partial charge in [0.1, 0.15) is 21.9 Å². The lowest BCUT2D eigenvalue weighted by molar-refractivity contribution is 0.237. The van der Waals surface area contributed by atoms with Gasteiger partial charge >= 0.3 is 0 Å². The van der Waals surface area contributed by atoms with E-state index in [1.54, 1.807) is 0 Å². The minimum Gasteiger partial charge on any atom is -0.308 e. The van der Waals surface area contributed by atoms with Crippen LogP contribution in [-0.4, -0.2) is 31.7 Å². The molecule has 116 valence electrons. The molecule has 8 heteroatoms. The van der Waals surface area contributed by atoms with Gasteiger partial charge in [0.2, 0.25) is 0 Å². The first-order chi connectivity index (χ1) is 10.7. The lowest BCUT2D eigenvalue weighted by atomic mass is 10.3. The van der Waals surface area contributed by atoms with Crippen LogP contribution in [0.25, 0.3) is 10.2 Å². The molecule has 0 amide bonds. The zero-order chi connectivity index (χ0) is 15.5. The summed E-state index contributed by atoms with van der Waals surface area (Å²) in [5, 5.41) is 9.60. The highest BCUT2D eigenvalue weighted by atomic mass is 32.1. The van der Waals surface area contributed by atoms with Crippen LogP contribution in [0.1, 0.15) is 30.6 Å². The molecule has 0 aliphatic rings. The summed E-state index contributed by atoms with van der Waals surface area (Å²) in [5.74, 6) is 0.665. The Labute approximate surface area is 130 Å². The number of aromatic nitrogens is 4. The van der Waals surface area contributed by atoms with Crippen molar-refractivity contribution in [2.45, 2.75) is 33.4 Å². The summed E-state index contributed by atoms with van der Waals surface area (Å²) < 4.78 is 5.41. The van der Waals surface area contributed by atoms with E-state index in [0.29, 0.717) is 23.6 Å². The third-order valence-electron chi connectivity index (χ3n) is 3.40. The maximum absolute atomic E-state index is 12.0. The number of rotatable bonds is 6. The van der Waals surface area contributed by atoms with E-state index in [2.05, 4.69) is 32.1 Å². The number of hydrogen-bond donors (Lipinski definition) is 1. The van der Waals surface area contributed by atoms with Crippen LogP contribution in [0.15, 0.2) is 20.9 Å². The first-order valence-electron chi connectivity index (χ1n) is 7.14. The summed E-state index contributed by atoms with van der Waals surface area (Å²) in [6.45, 7) is 6.03. The van der Waals surface area contributed by atoms with Crippen LogP contribution in [0.5, 0.6) is 0 Å². The smallest absolute Gasteiger partial charge is 0.268 e. The number of thiophene rings is 1. The molecule has 3 heterocycles. The molecule has 0 aliphatic carbocycles. The minimum atomic E-state index is -0.0780. The molecule has 0 spiro atoms. The highest BCUT2D eigenvalue weighted by Gasteiger charge is 2.14. The summed E-state index contributed by atoms with van der Waals surface area (Å²) in [5.41, 5.74) is 2.27. The number of H-pyrrole nitrogens is 1. The van der Waals surface area contributed by atoms with Crippen molar-refractivity contribution >= 4 is 21.6 Å². The average molecular weight is 319 g/mol. The summed E-state index contributed by atoms with van der Waals surface area (Å²) in [4.78, 5) is 21.6. The maximum Gasteiger partial charge on any atom is 0.268 e. The van der Waals surface area contributed by atoms with Gasteiger partial charge in [-0.3, -0.25) is 9.69 Å². The van der Waals surface area contributed by atoms with Crippen LogP contribution in [0.2, 0.25) is 0 Å². The number of aromatic amines is 1. The van der Waals surface area contributed by atoms with Crippen molar-refractivity contribution in [2.75, 3.05) is 6.54 Å². The number of nitrogens with zero attached hydrogens (tertiary/aromatic N) is 4. The van der Waals surface area contributed by atoms with Gasteiger partial charge in [-0.15, -0.1) is 11.3 Å². The third kappa shape index (κ3) is 3.07. The third-order valence-corrected chi connectivity index (χ3v) is 4.30. The monoisotopic (exact) mass is 319 g/mol. The maximum atomic E-state index is 12.0. The molecule has 0 aliphatic heterocycles. The topological polar surface area (TPSA) is 87.9 Å². The zero-order valence-corrected chi connectivity index (χ0v) is 13.3. The molecule has 0 unspecified atom stereocenters. The molecule has 0 radical (unpaired) electrons. The van der Waals surface area contributed by atoms with E-state index in [4.69, 9.17) is 4.63 Å². The second kappa shape index (κ2) is 6.37. The van der Waals surface area contributed by atoms with E-state index in [1.165, 1.54) is 11.3 Å². The highest BCUT2D eigenvalue weighted by Crippen LogP contribution is 2.15. The van der Waals surface area contributed by atoms with Crippen molar-refractivity contribution in [2.24, 2.45) is 0 Å². The molecule has 3 aromatic heterocycles. The fraction of sp³-hybridized carbons (Fsp3) is 0.429. The van der Waals surface area contributed by atoms with Gasteiger partial charge in [-0.1, -0.05) is 17.2 Å². The second-order valence-corrected chi connectivity index (χ2v) is 6.07. The second-order valence-electron chi connectivity index (χ2n) is 5.15. The summed E-state index contributed by atoms with van der Waals surface area (Å²) in [6, 6.07) is 1.87. The van der Waals surface area contributed by atoms with Crippen LogP contribution in [0.4, 0.5) is 0 Å². The van der Waals surface area contributed by atoms with Crippen LogP contribution in [-0.2, 0) is 13.1 Å². The summed E-state index contributed by atoms with van der Waals surface area (Å²) in [6.07, 6.45) is 0.995. The molecule has 0 atom stereocenters. The molecule has 0 saturated carbocycles. The molecule has 7 nitrogen and oxygen atoms in total. The molecule has 3 aromatic rings. The Bertz CT molecular complexity index is 822. The SMILES string of the molecule is CCCN(Cc1nc2ccsc2c(=O)[nH]1)Cc1nonc1C. The van der Waals surface area contributed by atoms with Gasteiger partial charge in [-0.2, -0.15) is 0 Å². The molecule has 0 aromatic carbocycles. The number of hydrogen-bond acceptors (Lipinski definition) is 7. The van der Waals surface area contributed by atoms with Crippen molar-refractivity contribution in [3.63, 3.8) is 0 Å². The van der Waals surface area contributed by atoms with Gasteiger partial charge in [0, 0.05) is 6.54 Å². The van der Waals surface area contributed by atoms with Gasteiger partial charge < -0.3 is 4.98 Å². The Morgan fingerprint density at radius 3 is 2.95 bits per heavy atom. The quantitative estimate of drug-likeness (QED) is 0.748. The standard InChI is InChI=1S/C14H17N5O2S/c1-3-5-19(7-11-9(2)17-21-18-11)8-12-15-10-4-6-22-13(10)14(20)16-12/h4,6H,3,5,7-8H2,1-2H3,(H,15,16,20). The van der Waals surface area contributed by atoms with Gasteiger partial charge in [0.15, 0.2) is 0 Å². The van der Waals surface area contributed by atoms with Crippen LogP contribution < -0.4 is 5.56 Å². The van der Waals surface area contributed by atoms with Crippen molar-refractivity contribution < 1.29 is 4.63 Å². The van der Waals surface area contributed by atoms with Crippen LogP contribution >= 0.6 is 11.3 Å². The molecule has 22 heavy (non-hydrogen) atoms. The van der Waals surface area contributed by atoms with Crippen LogP contribution in [0, 0.1) is 6.92 Å². The molecular formula is C14H17N5O2S. The minimum absolute atomic E-state index is 0.0780. The zero-order valence-electron chi connectivity index (χ0n) is 12.5. The Morgan fingerprint density at radius 1 is 1.36 bits per heavy atom. The van der Waals surface area contributed by atoms with Crippen molar-refractivity contribution in [1.82, 2.24) is 25.2 Å². The van der Waals surface area contributed by atoms with E-state index >= 15 is 0 Å². The fourth-order valence-electron chi connectivity index (χ4n) is 2.34. The highest BCUT2D eigenvalue weighted by molar-refractivity contribution is 7.17. The number of aryl methyl sites for hydroxylation is 1. The number of nitrogens with one attached hydrogen (secondary N) is 1. The summed E-state index contributed by atoms with van der Waals surface area (Å²) in [7, 11) is 0. The molecular weight excluding hydrogens is 302 g/mol. The van der Waals surface area contributed by atoms with Crippen LogP contribution in [0.3, 0.4) is 0 Å². The first kappa shape index (κ1) is 14.9. The predicted molar refractivity (Wildman–Crippen MR) is 83.7 cm³/mol. The van der Waals surface area contributed by atoms with Gasteiger partial charge in [-0.05, 0) is 31.3 Å². The van der Waals surface area contributed by atoms with E-state index in [9.17, 15) is 4.79 Å². The van der Waals surface area contributed by atoms with Crippen molar-refractivity contribution in [1.29, 1.82) is 0 Å². The molecule has 0 saturated heterocycles. The lowest BCUT2D eigenvalue weighted by Gasteiger charge is -2.19. The molecule has 1 N–H and O–H groups in total. The van der Waals surface area contributed by atoms with Crippen molar-refractivity contribution in [3.8, 4) is 0 Å². The van der Waals surface area contributed by atoms with E-state index in [0.717, 1.165) is 29.9 Å². The Hall–Kier alpha value is -2.06. The fourth-order valence-corrected chi connectivity index (χ4v) is 3.07. The van der Waals surface area contributed by atoms with Gasteiger partial charge in [-0.25, -0.2) is 9.61 Å². The predicted octanol–water partition coefficient (Wildman–Crippen LogP) is 2.09. The van der Waals surface area contributed by atoms with Crippen molar-refractivity contribution in [3.05, 3.63) is 39.0 Å². The molecule has 0 fully saturated rings. The molecule has 3 rings (SSSR count). The Morgan fingerprint density at radius 2 is 2.23 bits per heavy atom. The van der Waals surface area contributed by atoms with E-state index in [1.807, 2.05) is 18.4 Å². The molecule has 0 bridgehead atoms. The van der Waals surface area contributed by atoms with Gasteiger partial charge in [0.25, 0.3) is 5.56 Å².